The Hall–Kier alpha value is 0.162. The molecule has 0 heterocycles. The lowest BCUT2D eigenvalue weighted by atomic mass is 10.5. The summed E-state index contributed by atoms with van der Waals surface area (Å²) in [6, 6.07) is 0. The molecule has 0 rings (SSSR count). The van der Waals surface area contributed by atoms with E-state index in [4.69, 9.17) is 0 Å². The van der Waals surface area contributed by atoms with Crippen molar-refractivity contribution in [1.82, 2.24) is 0 Å². The van der Waals surface area contributed by atoms with Crippen molar-refractivity contribution in [3.05, 3.63) is 0 Å². The lowest BCUT2D eigenvalue weighted by Gasteiger charge is -2.12. The van der Waals surface area contributed by atoms with Crippen molar-refractivity contribution in [3.63, 3.8) is 0 Å². The molecule has 0 aromatic carbocycles. The largest absolute Gasteiger partial charge is 0.406 e. The summed E-state index contributed by atoms with van der Waals surface area (Å²) in [5.41, 5.74) is 0. The molecule has 0 radical (unpaired) electrons. The molecule has 0 aromatic heterocycles. The first kappa shape index (κ1) is 9.16. The molecular weight excluding hydrogens is 131 g/mol. The van der Waals surface area contributed by atoms with Gasteiger partial charge in [0.15, 0.2) is 0 Å². The molecule has 0 bridgehead atoms. The van der Waals surface area contributed by atoms with Gasteiger partial charge in [-0.2, -0.15) is 0 Å². The lowest BCUT2D eigenvalue weighted by Crippen LogP contribution is -2.28. The van der Waals surface area contributed by atoms with E-state index in [2.05, 4.69) is 0 Å². The molecule has 9 heavy (non-hydrogen) atoms. The van der Waals surface area contributed by atoms with Gasteiger partial charge in [0.05, 0.1) is 0 Å². The zero-order valence-electron chi connectivity index (χ0n) is 6.27. The Morgan fingerprint density at radius 1 is 1.67 bits per heavy atom. The maximum Gasteiger partial charge on any atom is 0.295 e. The molecule has 0 spiro atoms. The monoisotopic (exact) mass is 144 g/mol. The van der Waals surface area contributed by atoms with Crippen LogP contribution in [0.1, 0.15) is 20.8 Å². The normalized spacial score (nSPS) is 11.1. The third-order valence-corrected chi connectivity index (χ3v) is 3.27. The van der Waals surface area contributed by atoms with Crippen LogP contribution in [0.25, 0.3) is 0 Å². The van der Waals surface area contributed by atoms with Gasteiger partial charge in [0.1, 0.15) is 5.78 Å². The van der Waals surface area contributed by atoms with Crippen molar-refractivity contribution in [2.75, 3.05) is 0 Å². The summed E-state index contributed by atoms with van der Waals surface area (Å²) in [5.74, 6) is 0.198. The van der Waals surface area contributed by atoms with E-state index in [1.165, 1.54) is 0 Å². The maximum absolute atomic E-state index is 10.4. The Balaban J connectivity index is 3.39. The SMILES string of the molecule is CC(=O)[CH2][AlH][C](C)(C)O. The van der Waals surface area contributed by atoms with Crippen LogP contribution in [0.4, 0.5) is 0 Å². The Morgan fingerprint density at radius 3 is 2.22 bits per heavy atom. The summed E-state index contributed by atoms with van der Waals surface area (Å²) in [5, 5.41) is 9.79. The van der Waals surface area contributed by atoms with E-state index >= 15 is 0 Å². The van der Waals surface area contributed by atoms with E-state index < -0.39 is 19.7 Å². The topological polar surface area (TPSA) is 37.3 Å². The minimum atomic E-state index is -0.592. The summed E-state index contributed by atoms with van der Waals surface area (Å²) >= 11 is -0.592. The van der Waals surface area contributed by atoms with E-state index in [0.29, 0.717) is 5.28 Å². The van der Waals surface area contributed by atoms with Gasteiger partial charge < -0.3 is 9.90 Å². The predicted molar refractivity (Wildman–Crippen MR) is 38.9 cm³/mol. The van der Waals surface area contributed by atoms with Crippen molar-refractivity contribution in [2.45, 2.75) is 30.5 Å². The number of carbonyl (C=O) groups excluding carboxylic acids is 1. The van der Waals surface area contributed by atoms with Crippen LogP contribution in [0.3, 0.4) is 0 Å². The minimum absolute atomic E-state index is 0.198. The Bertz CT molecular complexity index is 104. The van der Waals surface area contributed by atoms with Crippen LogP contribution in [0.2, 0.25) is 5.28 Å². The van der Waals surface area contributed by atoms with Crippen LogP contribution in [0, 0.1) is 0 Å². The summed E-state index contributed by atoms with van der Waals surface area (Å²) in [4.78, 5) is 10.4. The van der Waals surface area contributed by atoms with Crippen LogP contribution in [0.15, 0.2) is 0 Å². The molecule has 0 aromatic rings. The van der Waals surface area contributed by atoms with Crippen molar-refractivity contribution in [1.29, 1.82) is 0 Å². The highest BCUT2D eigenvalue weighted by Gasteiger charge is 2.16. The average molecular weight is 144 g/mol. The Kier molecular flexibility index (Phi) is 3.42. The highest BCUT2D eigenvalue weighted by atomic mass is 27.1. The van der Waals surface area contributed by atoms with Crippen molar-refractivity contribution < 1.29 is 9.90 Å². The molecule has 0 aliphatic carbocycles. The molecule has 0 fully saturated rings. The molecule has 52 valence electrons. The number of hydrogen-bond acceptors (Lipinski definition) is 2. The number of ketones is 1. The van der Waals surface area contributed by atoms with E-state index in [1.54, 1.807) is 20.8 Å². The number of carbonyl (C=O) groups is 1. The Morgan fingerprint density at radius 2 is 2.11 bits per heavy atom. The number of rotatable bonds is 3. The summed E-state index contributed by atoms with van der Waals surface area (Å²) < 4.78 is -0.550. The lowest BCUT2D eigenvalue weighted by molar-refractivity contribution is -0.115. The summed E-state index contributed by atoms with van der Waals surface area (Å²) in [7, 11) is 0. The van der Waals surface area contributed by atoms with Crippen LogP contribution < -0.4 is 0 Å². The zero-order chi connectivity index (χ0) is 7.49. The van der Waals surface area contributed by atoms with Gasteiger partial charge in [-0.1, -0.05) is 13.8 Å². The molecule has 2 nitrogen and oxygen atoms in total. The van der Waals surface area contributed by atoms with Gasteiger partial charge in [-0.05, 0) is 12.2 Å². The molecule has 0 saturated carbocycles. The van der Waals surface area contributed by atoms with E-state index in [1.807, 2.05) is 0 Å². The maximum atomic E-state index is 10.4. The van der Waals surface area contributed by atoms with Crippen molar-refractivity contribution >= 4 is 21.0 Å². The van der Waals surface area contributed by atoms with Crippen LogP contribution >= 0.6 is 0 Å². The third kappa shape index (κ3) is 8.16. The minimum Gasteiger partial charge on any atom is -0.406 e. The van der Waals surface area contributed by atoms with Gasteiger partial charge in [-0.15, -0.1) is 0 Å². The molecule has 0 aliphatic heterocycles. The second-order valence-corrected chi connectivity index (χ2v) is 5.74. The van der Waals surface area contributed by atoms with Crippen LogP contribution in [-0.2, 0) is 4.79 Å². The summed E-state index contributed by atoms with van der Waals surface area (Å²) in [6.45, 7) is 5.10. The van der Waals surface area contributed by atoms with Crippen LogP contribution in [-0.4, -0.2) is 30.6 Å². The third-order valence-electron chi connectivity index (χ3n) is 1.09. The van der Waals surface area contributed by atoms with Gasteiger partial charge in [-0.25, -0.2) is 0 Å². The fourth-order valence-corrected chi connectivity index (χ4v) is 1.45. The highest BCUT2D eigenvalue weighted by molar-refractivity contribution is 6.44. The molecule has 3 heteroatoms. The van der Waals surface area contributed by atoms with Crippen molar-refractivity contribution in [3.8, 4) is 0 Å². The van der Waals surface area contributed by atoms with E-state index in [9.17, 15) is 9.90 Å². The van der Waals surface area contributed by atoms with Gasteiger partial charge in [0, 0.05) is 4.46 Å². The molecular formula is C6H13AlO2. The molecule has 0 aliphatic rings. The van der Waals surface area contributed by atoms with E-state index in [-0.39, 0.29) is 5.78 Å². The van der Waals surface area contributed by atoms with Gasteiger partial charge in [-0.3, -0.25) is 0 Å². The first-order valence-corrected chi connectivity index (χ1v) is 4.84. The first-order chi connectivity index (χ1) is 3.92. The van der Waals surface area contributed by atoms with Crippen LogP contribution in [0.5, 0.6) is 0 Å². The summed E-state index contributed by atoms with van der Waals surface area (Å²) in [6.07, 6.45) is 0. The van der Waals surface area contributed by atoms with Gasteiger partial charge in [0.2, 0.25) is 0 Å². The fraction of sp³-hybridized carbons (Fsp3) is 0.833. The molecule has 0 amide bonds. The average Bonchev–Trinajstić information content (AvgIpc) is 1.59. The number of aliphatic hydroxyl groups is 1. The molecule has 0 unspecified atom stereocenters. The number of Topliss-reactive ketones (excluding diaryl/α,β-unsaturated/α-hetero) is 1. The first-order valence-electron chi connectivity index (χ1n) is 3.13. The van der Waals surface area contributed by atoms with Gasteiger partial charge in [0.25, 0.3) is 15.2 Å². The molecule has 1 N–H and O–H groups in total. The second-order valence-electron chi connectivity index (χ2n) is 3.01. The van der Waals surface area contributed by atoms with E-state index in [0.717, 1.165) is 0 Å². The predicted octanol–water partition coefficient (Wildman–Crippen LogP) is 0.159. The zero-order valence-corrected chi connectivity index (χ0v) is 7.68. The highest BCUT2D eigenvalue weighted by Crippen LogP contribution is 2.00. The smallest absolute Gasteiger partial charge is 0.295 e. The Labute approximate surface area is 62.0 Å². The quantitative estimate of drug-likeness (QED) is 0.573. The van der Waals surface area contributed by atoms with Crippen molar-refractivity contribution in [2.24, 2.45) is 0 Å². The number of hydrogen-bond donors (Lipinski definition) is 1. The standard InChI is InChI=1S/C3H7O.C3H5O.Al.H/c2*1-3(2)4;;/h4H,1-2H3;1H2,2H3;;. The fourth-order valence-electron chi connectivity index (χ4n) is 0.482. The molecule has 0 saturated heterocycles. The van der Waals surface area contributed by atoms with Gasteiger partial charge >= 0.3 is 0 Å². The molecule has 0 atom stereocenters. The second kappa shape index (κ2) is 3.36.